The molecule has 0 unspecified atom stereocenters. The van der Waals surface area contributed by atoms with Gasteiger partial charge in [-0.05, 0) is 31.9 Å². The predicted octanol–water partition coefficient (Wildman–Crippen LogP) is 1.79. The van der Waals surface area contributed by atoms with Crippen molar-refractivity contribution in [2.45, 2.75) is 31.0 Å². The van der Waals surface area contributed by atoms with Crippen molar-refractivity contribution in [1.29, 1.82) is 0 Å². The van der Waals surface area contributed by atoms with E-state index in [-0.39, 0.29) is 28.4 Å². The molecule has 1 aromatic carbocycles. The Bertz CT molecular complexity index is 1180. The SMILES string of the molecule is Cc1cccc(-c2nnc(SCC(=O)c3c(N)n(C4CC4)c(=O)[nH]c3=O)o2)c1. The van der Waals surface area contributed by atoms with Gasteiger partial charge < -0.3 is 10.2 Å². The topological polar surface area (TPSA) is 137 Å². The van der Waals surface area contributed by atoms with Crippen LogP contribution in [0, 0.1) is 6.92 Å². The Labute approximate surface area is 163 Å². The first kappa shape index (κ1) is 18.2. The van der Waals surface area contributed by atoms with Gasteiger partial charge in [0.1, 0.15) is 11.4 Å². The Hall–Kier alpha value is -3.14. The molecule has 0 radical (unpaired) electrons. The third-order valence-corrected chi connectivity index (χ3v) is 5.19. The van der Waals surface area contributed by atoms with Gasteiger partial charge in [-0.15, -0.1) is 10.2 Å². The predicted molar refractivity (Wildman–Crippen MR) is 104 cm³/mol. The molecule has 0 bridgehead atoms. The van der Waals surface area contributed by atoms with Gasteiger partial charge in [-0.2, -0.15) is 0 Å². The molecule has 1 aliphatic carbocycles. The quantitative estimate of drug-likeness (QED) is 0.473. The zero-order valence-electron chi connectivity index (χ0n) is 15.0. The van der Waals surface area contributed by atoms with E-state index in [1.54, 1.807) is 0 Å². The molecule has 0 amide bonds. The van der Waals surface area contributed by atoms with Crippen LogP contribution in [0.5, 0.6) is 0 Å². The van der Waals surface area contributed by atoms with Crippen molar-refractivity contribution in [3.63, 3.8) is 0 Å². The minimum atomic E-state index is -0.782. The molecule has 2 aromatic heterocycles. The first-order chi connectivity index (χ1) is 13.4. The summed E-state index contributed by atoms with van der Waals surface area (Å²) in [7, 11) is 0. The number of hydrogen-bond acceptors (Lipinski definition) is 8. The van der Waals surface area contributed by atoms with Crippen LogP contribution in [0.4, 0.5) is 5.82 Å². The lowest BCUT2D eigenvalue weighted by atomic mass is 10.1. The standard InChI is InChI=1S/C18H17N5O4S/c1-9-3-2-4-10(7-9)16-21-22-18(27-16)28-8-12(24)13-14(19)23(11-5-6-11)17(26)20-15(13)25/h2-4,7,11H,5-6,8,19H2,1H3,(H,20,25,26). The van der Waals surface area contributed by atoms with E-state index in [2.05, 4.69) is 15.2 Å². The van der Waals surface area contributed by atoms with E-state index in [1.165, 1.54) is 4.57 Å². The van der Waals surface area contributed by atoms with Crippen LogP contribution in [0.15, 0.2) is 43.5 Å². The summed E-state index contributed by atoms with van der Waals surface area (Å²) < 4.78 is 6.86. The lowest BCUT2D eigenvalue weighted by Crippen LogP contribution is -2.36. The largest absolute Gasteiger partial charge is 0.411 e. The third-order valence-electron chi connectivity index (χ3n) is 4.37. The van der Waals surface area contributed by atoms with Gasteiger partial charge in [-0.1, -0.05) is 29.5 Å². The van der Waals surface area contributed by atoms with Crippen molar-refractivity contribution in [2.75, 3.05) is 11.5 Å². The summed E-state index contributed by atoms with van der Waals surface area (Å²) in [5, 5.41) is 8.11. The fraction of sp³-hybridized carbons (Fsp3) is 0.278. The molecular formula is C18H17N5O4S. The number of H-pyrrole nitrogens is 1. The number of benzene rings is 1. The van der Waals surface area contributed by atoms with Crippen molar-refractivity contribution in [1.82, 2.24) is 19.7 Å². The summed E-state index contributed by atoms with van der Waals surface area (Å²) in [4.78, 5) is 38.8. The number of aryl methyl sites for hydroxylation is 1. The number of aromatic nitrogens is 4. The van der Waals surface area contributed by atoms with Crippen molar-refractivity contribution < 1.29 is 9.21 Å². The van der Waals surface area contributed by atoms with Crippen LogP contribution >= 0.6 is 11.8 Å². The smallest absolute Gasteiger partial charge is 0.330 e. The van der Waals surface area contributed by atoms with E-state index in [1.807, 2.05) is 31.2 Å². The third kappa shape index (κ3) is 3.50. The minimum absolute atomic E-state index is 0.0589. The van der Waals surface area contributed by atoms with Crippen molar-refractivity contribution >= 4 is 23.4 Å². The summed E-state index contributed by atoms with van der Waals surface area (Å²) in [6.07, 6.45) is 1.59. The van der Waals surface area contributed by atoms with Crippen LogP contribution in [0.25, 0.3) is 11.5 Å². The number of carbonyl (C=O) groups excluding carboxylic acids is 1. The fourth-order valence-electron chi connectivity index (χ4n) is 2.89. The summed E-state index contributed by atoms with van der Waals surface area (Å²) in [5.41, 5.74) is 6.21. The molecule has 10 heteroatoms. The highest BCUT2D eigenvalue weighted by atomic mass is 32.2. The number of nitrogens with two attached hydrogens (primary N) is 1. The summed E-state index contributed by atoms with van der Waals surface area (Å²) in [6, 6.07) is 7.54. The summed E-state index contributed by atoms with van der Waals surface area (Å²) >= 11 is 1.01. The van der Waals surface area contributed by atoms with Gasteiger partial charge in [0.05, 0.1) is 5.75 Å². The molecule has 0 spiro atoms. The summed E-state index contributed by atoms with van der Waals surface area (Å²) in [5.74, 6) is -0.370. The molecule has 4 rings (SSSR count). The number of thioether (sulfide) groups is 1. The molecule has 1 saturated carbocycles. The zero-order chi connectivity index (χ0) is 19.8. The van der Waals surface area contributed by atoms with E-state index >= 15 is 0 Å². The highest BCUT2D eigenvalue weighted by Crippen LogP contribution is 2.35. The Morgan fingerprint density at radius 3 is 2.86 bits per heavy atom. The number of nitrogens with zero attached hydrogens (tertiary/aromatic N) is 3. The summed E-state index contributed by atoms with van der Waals surface area (Å²) in [6.45, 7) is 1.96. The highest BCUT2D eigenvalue weighted by molar-refractivity contribution is 7.99. The molecular weight excluding hydrogens is 382 g/mol. The molecule has 1 aliphatic rings. The molecule has 3 N–H and O–H groups in total. The van der Waals surface area contributed by atoms with Gasteiger partial charge in [0.25, 0.3) is 10.8 Å². The number of anilines is 1. The van der Waals surface area contributed by atoms with Gasteiger partial charge in [-0.25, -0.2) is 4.79 Å². The number of hydrogen-bond donors (Lipinski definition) is 2. The maximum Gasteiger partial charge on any atom is 0.330 e. The van der Waals surface area contributed by atoms with Gasteiger partial charge in [0.15, 0.2) is 5.78 Å². The Morgan fingerprint density at radius 1 is 1.36 bits per heavy atom. The number of aromatic amines is 1. The fourth-order valence-corrected chi connectivity index (χ4v) is 3.53. The zero-order valence-corrected chi connectivity index (χ0v) is 15.8. The second-order valence-corrected chi connectivity index (χ2v) is 7.50. The molecule has 144 valence electrons. The van der Waals surface area contributed by atoms with Crippen molar-refractivity contribution in [2.24, 2.45) is 0 Å². The highest BCUT2D eigenvalue weighted by Gasteiger charge is 2.30. The van der Waals surface area contributed by atoms with E-state index in [9.17, 15) is 14.4 Å². The second kappa shape index (κ2) is 7.12. The van der Waals surface area contributed by atoms with E-state index in [4.69, 9.17) is 10.2 Å². The van der Waals surface area contributed by atoms with Crippen LogP contribution < -0.4 is 17.0 Å². The van der Waals surface area contributed by atoms with Crippen LogP contribution in [-0.2, 0) is 0 Å². The molecule has 28 heavy (non-hydrogen) atoms. The molecule has 3 aromatic rings. The van der Waals surface area contributed by atoms with E-state index in [0.717, 1.165) is 35.7 Å². The average Bonchev–Trinajstić information content (AvgIpc) is 3.35. The van der Waals surface area contributed by atoms with Gasteiger partial charge in [0, 0.05) is 11.6 Å². The number of ketones is 1. The Morgan fingerprint density at radius 2 is 2.14 bits per heavy atom. The van der Waals surface area contributed by atoms with Crippen LogP contribution in [0.2, 0.25) is 0 Å². The van der Waals surface area contributed by atoms with Crippen LogP contribution in [0.3, 0.4) is 0 Å². The normalized spacial score (nSPS) is 13.6. The number of carbonyl (C=O) groups is 1. The number of nitrogen functional groups attached to an aromatic ring is 1. The van der Waals surface area contributed by atoms with E-state index in [0.29, 0.717) is 5.89 Å². The molecule has 0 aliphatic heterocycles. The number of nitrogens with one attached hydrogen (secondary N) is 1. The lowest BCUT2D eigenvalue weighted by molar-refractivity contribution is 0.102. The van der Waals surface area contributed by atoms with E-state index < -0.39 is 17.0 Å². The molecule has 0 saturated heterocycles. The van der Waals surface area contributed by atoms with Gasteiger partial charge in [0.2, 0.25) is 5.89 Å². The molecule has 1 fully saturated rings. The van der Waals surface area contributed by atoms with Crippen LogP contribution in [0.1, 0.15) is 34.8 Å². The number of Topliss-reactive ketones (excluding diaryl/α,β-unsaturated/α-hetero) is 1. The van der Waals surface area contributed by atoms with Crippen molar-refractivity contribution in [3.05, 3.63) is 56.2 Å². The Kier molecular flexibility index (Phi) is 4.63. The molecule has 0 atom stereocenters. The minimum Gasteiger partial charge on any atom is -0.411 e. The maximum atomic E-state index is 12.6. The van der Waals surface area contributed by atoms with Crippen LogP contribution in [-0.4, -0.2) is 31.3 Å². The molecule has 2 heterocycles. The van der Waals surface area contributed by atoms with Crippen molar-refractivity contribution in [3.8, 4) is 11.5 Å². The first-order valence-corrected chi connectivity index (χ1v) is 9.63. The second-order valence-electron chi connectivity index (χ2n) is 6.58. The van der Waals surface area contributed by atoms with Gasteiger partial charge >= 0.3 is 5.69 Å². The lowest BCUT2D eigenvalue weighted by Gasteiger charge is -2.10. The maximum absolute atomic E-state index is 12.6. The average molecular weight is 399 g/mol. The van der Waals surface area contributed by atoms with Gasteiger partial charge in [-0.3, -0.25) is 19.1 Å². The Balaban J connectivity index is 1.52. The molecule has 9 nitrogen and oxygen atoms in total. The monoisotopic (exact) mass is 399 g/mol. The first-order valence-electron chi connectivity index (χ1n) is 8.65. The number of rotatable bonds is 6.